The lowest BCUT2D eigenvalue weighted by Crippen LogP contribution is -2.21. The summed E-state index contributed by atoms with van der Waals surface area (Å²) in [6.45, 7) is 1.38. The molecule has 1 unspecified atom stereocenters. The number of rotatable bonds is 1. The number of benzene rings is 1. The maximum Gasteiger partial charge on any atom is 0.104 e. The van der Waals surface area contributed by atoms with Crippen LogP contribution in [-0.2, 0) is 11.2 Å². The lowest BCUT2D eigenvalue weighted by atomic mass is 10.0. The van der Waals surface area contributed by atoms with Crippen LogP contribution in [0.3, 0.4) is 0 Å². The Bertz CT molecular complexity index is 491. The minimum absolute atomic E-state index is 0.117. The second-order valence-corrected chi connectivity index (χ2v) is 4.87. The van der Waals surface area contributed by atoms with Gasteiger partial charge >= 0.3 is 0 Å². The first kappa shape index (κ1) is 9.33. The Morgan fingerprint density at radius 2 is 2.27 bits per heavy atom. The third kappa shape index (κ3) is 1.39. The van der Waals surface area contributed by atoms with E-state index in [1.54, 1.807) is 0 Å². The molecular formula is C12H13NOS. The fourth-order valence-electron chi connectivity index (χ4n) is 2.19. The smallest absolute Gasteiger partial charge is 0.104 e. The molecule has 0 fully saturated rings. The third-order valence-corrected chi connectivity index (χ3v) is 4.21. The van der Waals surface area contributed by atoms with Gasteiger partial charge in [0.2, 0.25) is 0 Å². The standard InChI is InChI=1S/C12H13NOS/c13-7-10-12-9(5-6-14-10)8-3-1-2-4-11(8)15-12/h1-4,10H,5-7,13H2. The summed E-state index contributed by atoms with van der Waals surface area (Å²) in [6.07, 6.45) is 1.14. The van der Waals surface area contributed by atoms with Crippen LogP contribution in [-0.4, -0.2) is 13.2 Å². The Hall–Kier alpha value is -0.900. The van der Waals surface area contributed by atoms with E-state index in [9.17, 15) is 0 Å². The van der Waals surface area contributed by atoms with E-state index in [1.165, 1.54) is 20.5 Å². The minimum Gasteiger partial charge on any atom is -0.371 e. The van der Waals surface area contributed by atoms with Gasteiger partial charge in [0.15, 0.2) is 0 Å². The largest absolute Gasteiger partial charge is 0.371 e. The van der Waals surface area contributed by atoms with E-state index in [0.29, 0.717) is 6.54 Å². The molecular weight excluding hydrogens is 206 g/mol. The highest BCUT2D eigenvalue weighted by Crippen LogP contribution is 2.39. The fraction of sp³-hybridized carbons (Fsp3) is 0.333. The van der Waals surface area contributed by atoms with Crippen LogP contribution in [0.1, 0.15) is 16.5 Å². The van der Waals surface area contributed by atoms with Crippen molar-refractivity contribution in [2.24, 2.45) is 5.73 Å². The molecule has 2 aromatic rings. The predicted octanol–water partition coefficient (Wildman–Crippen LogP) is 2.47. The molecule has 78 valence electrons. The summed E-state index contributed by atoms with van der Waals surface area (Å²) in [5.41, 5.74) is 7.18. The highest BCUT2D eigenvalue weighted by molar-refractivity contribution is 7.19. The van der Waals surface area contributed by atoms with E-state index in [4.69, 9.17) is 10.5 Å². The maximum absolute atomic E-state index is 5.72. The Morgan fingerprint density at radius 3 is 3.13 bits per heavy atom. The average molecular weight is 219 g/mol. The number of hydrogen-bond acceptors (Lipinski definition) is 3. The van der Waals surface area contributed by atoms with Crippen molar-refractivity contribution in [1.82, 2.24) is 0 Å². The topological polar surface area (TPSA) is 35.2 Å². The molecule has 0 bridgehead atoms. The zero-order valence-electron chi connectivity index (χ0n) is 8.40. The highest BCUT2D eigenvalue weighted by atomic mass is 32.1. The van der Waals surface area contributed by atoms with Crippen LogP contribution in [0.2, 0.25) is 0 Å². The van der Waals surface area contributed by atoms with Crippen LogP contribution in [0.5, 0.6) is 0 Å². The van der Waals surface area contributed by atoms with Gasteiger partial charge in [0.25, 0.3) is 0 Å². The Balaban J connectivity index is 2.24. The van der Waals surface area contributed by atoms with E-state index in [2.05, 4.69) is 24.3 Å². The summed E-state index contributed by atoms with van der Waals surface area (Å²) in [5.74, 6) is 0. The van der Waals surface area contributed by atoms with Crippen molar-refractivity contribution in [2.45, 2.75) is 12.5 Å². The van der Waals surface area contributed by atoms with Gasteiger partial charge in [-0.05, 0) is 23.4 Å². The summed E-state index contributed by atoms with van der Waals surface area (Å²) in [6, 6.07) is 8.56. The number of nitrogens with two attached hydrogens (primary N) is 1. The van der Waals surface area contributed by atoms with Gasteiger partial charge in [0.1, 0.15) is 6.10 Å². The normalized spacial score (nSPS) is 20.5. The van der Waals surface area contributed by atoms with Gasteiger partial charge in [-0.1, -0.05) is 18.2 Å². The molecule has 0 radical (unpaired) electrons. The zero-order valence-corrected chi connectivity index (χ0v) is 9.22. The van der Waals surface area contributed by atoms with Gasteiger partial charge in [-0.15, -0.1) is 11.3 Å². The molecule has 2 nitrogen and oxygen atoms in total. The molecule has 3 heteroatoms. The van der Waals surface area contributed by atoms with Crippen molar-refractivity contribution in [3.8, 4) is 0 Å². The van der Waals surface area contributed by atoms with Crippen molar-refractivity contribution in [3.05, 3.63) is 34.7 Å². The van der Waals surface area contributed by atoms with Gasteiger partial charge in [0.05, 0.1) is 6.61 Å². The van der Waals surface area contributed by atoms with Crippen molar-refractivity contribution in [3.63, 3.8) is 0 Å². The second kappa shape index (κ2) is 3.59. The Morgan fingerprint density at radius 1 is 1.40 bits per heavy atom. The molecule has 1 aromatic heterocycles. The number of ether oxygens (including phenoxy) is 1. The molecule has 0 spiro atoms. The molecule has 0 saturated carbocycles. The molecule has 0 amide bonds. The van der Waals surface area contributed by atoms with Crippen molar-refractivity contribution < 1.29 is 4.74 Å². The van der Waals surface area contributed by atoms with Crippen LogP contribution in [0, 0.1) is 0 Å². The number of thiophene rings is 1. The molecule has 1 aliphatic heterocycles. The quantitative estimate of drug-likeness (QED) is 0.799. The summed E-state index contributed by atoms with van der Waals surface area (Å²) in [5, 5.41) is 1.39. The molecule has 1 atom stereocenters. The zero-order chi connectivity index (χ0) is 10.3. The number of fused-ring (bicyclic) bond motifs is 3. The van der Waals surface area contributed by atoms with Crippen LogP contribution >= 0.6 is 11.3 Å². The average Bonchev–Trinajstić information content (AvgIpc) is 2.67. The van der Waals surface area contributed by atoms with Crippen LogP contribution in [0.4, 0.5) is 0 Å². The van der Waals surface area contributed by atoms with E-state index < -0.39 is 0 Å². The van der Waals surface area contributed by atoms with Crippen molar-refractivity contribution >= 4 is 21.4 Å². The first-order valence-electron chi connectivity index (χ1n) is 5.22. The van der Waals surface area contributed by atoms with E-state index in [1.807, 2.05) is 11.3 Å². The third-order valence-electron chi connectivity index (χ3n) is 2.91. The fourth-order valence-corrected chi connectivity index (χ4v) is 3.51. The first-order chi connectivity index (χ1) is 7.40. The van der Waals surface area contributed by atoms with Gasteiger partial charge in [-0.2, -0.15) is 0 Å². The van der Waals surface area contributed by atoms with E-state index in [0.717, 1.165) is 13.0 Å². The van der Waals surface area contributed by atoms with Crippen molar-refractivity contribution in [2.75, 3.05) is 13.2 Å². The van der Waals surface area contributed by atoms with Gasteiger partial charge in [-0.3, -0.25) is 0 Å². The first-order valence-corrected chi connectivity index (χ1v) is 6.04. The van der Waals surface area contributed by atoms with Crippen molar-refractivity contribution in [1.29, 1.82) is 0 Å². The summed E-state index contributed by atoms with van der Waals surface area (Å²) < 4.78 is 7.02. The van der Waals surface area contributed by atoms with Gasteiger partial charge < -0.3 is 10.5 Å². The maximum atomic E-state index is 5.72. The summed E-state index contributed by atoms with van der Waals surface area (Å²) in [7, 11) is 0. The minimum atomic E-state index is 0.117. The second-order valence-electron chi connectivity index (χ2n) is 3.79. The molecule has 2 N–H and O–H groups in total. The molecule has 15 heavy (non-hydrogen) atoms. The molecule has 0 saturated heterocycles. The Labute approximate surface area is 92.7 Å². The van der Waals surface area contributed by atoms with Crippen LogP contribution in [0.15, 0.2) is 24.3 Å². The molecule has 0 aliphatic carbocycles. The van der Waals surface area contributed by atoms with Gasteiger partial charge in [-0.25, -0.2) is 0 Å². The number of hydrogen-bond donors (Lipinski definition) is 1. The monoisotopic (exact) mass is 219 g/mol. The highest BCUT2D eigenvalue weighted by Gasteiger charge is 2.23. The molecule has 2 heterocycles. The molecule has 1 aromatic carbocycles. The SMILES string of the molecule is NCC1OCCc2c1sc1ccccc21. The summed E-state index contributed by atoms with van der Waals surface area (Å²) >= 11 is 1.83. The predicted molar refractivity (Wildman–Crippen MR) is 63.3 cm³/mol. The molecule has 3 rings (SSSR count). The lowest BCUT2D eigenvalue weighted by molar-refractivity contribution is 0.0519. The van der Waals surface area contributed by atoms with Crippen LogP contribution in [0.25, 0.3) is 10.1 Å². The van der Waals surface area contributed by atoms with E-state index in [-0.39, 0.29) is 6.10 Å². The lowest BCUT2D eigenvalue weighted by Gasteiger charge is -2.21. The van der Waals surface area contributed by atoms with Crippen LogP contribution < -0.4 is 5.73 Å². The molecule has 1 aliphatic rings. The van der Waals surface area contributed by atoms with Gasteiger partial charge in [0, 0.05) is 16.1 Å². The Kier molecular flexibility index (Phi) is 2.24. The van der Waals surface area contributed by atoms with E-state index >= 15 is 0 Å². The summed E-state index contributed by atoms with van der Waals surface area (Å²) in [4.78, 5) is 1.34.